The lowest BCUT2D eigenvalue weighted by atomic mass is 9.88. The SMILES string of the molecule is O=C(NCc1ccn2ccnc2c1)c1ccc(S(=O)(=O)CC2CCC(F)(F)CC2)c(C#Cc2ccc(F)cc2)c1. The molecule has 1 saturated carbocycles. The number of rotatable bonds is 6. The fourth-order valence-corrected chi connectivity index (χ4v) is 6.58. The van der Waals surface area contributed by atoms with Gasteiger partial charge in [-0.05, 0) is 78.9 Å². The molecule has 6 nitrogen and oxygen atoms in total. The Hall–Kier alpha value is -4.10. The number of carbonyl (C=O) groups excluding carboxylic acids is 1. The average Bonchev–Trinajstić information content (AvgIpc) is 3.40. The van der Waals surface area contributed by atoms with Gasteiger partial charge in [-0.15, -0.1) is 0 Å². The van der Waals surface area contributed by atoms with Crippen LogP contribution in [0.25, 0.3) is 5.65 Å². The van der Waals surface area contributed by atoms with Crippen molar-refractivity contribution in [1.29, 1.82) is 0 Å². The topological polar surface area (TPSA) is 80.5 Å². The first kappa shape index (κ1) is 27.5. The predicted molar refractivity (Wildman–Crippen MR) is 144 cm³/mol. The molecular weight excluding hydrogens is 539 g/mol. The van der Waals surface area contributed by atoms with E-state index in [0.29, 0.717) is 5.56 Å². The van der Waals surface area contributed by atoms with Crippen LogP contribution in [0.1, 0.15) is 52.7 Å². The van der Waals surface area contributed by atoms with Gasteiger partial charge in [0.1, 0.15) is 11.5 Å². The van der Waals surface area contributed by atoms with E-state index in [-0.39, 0.29) is 54.0 Å². The molecule has 0 spiro atoms. The molecule has 1 amide bonds. The van der Waals surface area contributed by atoms with Gasteiger partial charge < -0.3 is 9.72 Å². The maximum absolute atomic E-state index is 13.6. The summed E-state index contributed by atoms with van der Waals surface area (Å²) in [4.78, 5) is 17.2. The molecule has 1 aliphatic carbocycles. The Morgan fingerprint density at radius 2 is 1.77 bits per heavy atom. The highest BCUT2D eigenvalue weighted by molar-refractivity contribution is 7.91. The number of benzene rings is 2. The summed E-state index contributed by atoms with van der Waals surface area (Å²) in [6.07, 6.45) is 4.88. The highest BCUT2D eigenvalue weighted by Gasteiger charge is 2.37. The van der Waals surface area contributed by atoms with Gasteiger partial charge in [-0.25, -0.2) is 26.6 Å². The Balaban J connectivity index is 1.40. The number of alkyl halides is 2. The molecule has 2 aromatic heterocycles. The van der Waals surface area contributed by atoms with Crippen LogP contribution in [0.15, 0.2) is 78.1 Å². The van der Waals surface area contributed by atoms with Gasteiger partial charge in [0.05, 0.1) is 10.6 Å². The van der Waals surface area contributed by atoms with Crippen LogP contribution in [-0.2, 0) is 16.4 Å². The lowest BCUT2D eigenvalue weighted by Gasteiger charge is -2.28. The third-order valence-electron chi connectivity index (χ3n) is 6.97. The van der Waals surface area contributed by atoms with E-state index in [1.54, 1.807) is 6.20 Å². The third kappa shape index (κ3) is 6.54. The molecule has 2 aromatic carbocycles. The molecule has 206 valence electrons. The molecular formula is C30H26F3N3O3S. The van der Waals surface area contributed by atoms with Crippen molar-refractivity contribution in [3.05, 3.63) is 101 Å². The third-order valence-corrected chi connectivity index (χ3v) is 8.91. The van der Waals surface area contributed by atoms with E-state index in [2.05, 4.69) is 22.1 Å². The van der Waals surface area contributed by atoms with Crippen LogP contribution in [0.5, 0.6) is 0 Å². The van der Waals surface area contributed by atoms with Crippen molar-refractivity contribution in [1.82, 2.24) is 14.7 Å². The number of fused-ring (bicyclic) bond motifs is 1. The average molecular weight is 566 g/mol. The van der Waals surface area contributed by atoms with Crippen LogP contribution in [0, 0.1) is 23.6 Å². The number of sulfone groups is 1. The molecule has 5 rings (SSSR count). The first-order chi connectivity index (χ1) is 19.1. The summed E-state index contributed by atoms with van der Waals surface area (Å²) in [7, 11) is -3.90. The van der Waals surface area contributed by atoms with E-state index in [1.807, 2.05) is 28.9 Å². The summed E-state index contributed by atoms with van der Waals surface area (Å²) in [6, 6.07) is 13.3. The van der Waals surface area contributed by atoms with Crippen LogP contribution in [0.4, 0.5) is 13.2 Å². The zero-order valence-electron chi connectivity index (χ0n) is 21.4. The molecule has 40 heavy (non-hydrogen) atoms. The van der Waals surface area contributed by atoms with Crippen LogP contribution in [0.2, 0.25) is 0 Å². The Kier molecular flexibility index (Phi) is 7.68. The maximum atomic E-state index is 13.6. The standard InChI is InChI=1S/C30H26F3N3O3S/c31-26-6-2-21(3-7-26)1-4-24-18-25(29(37)35-19-23-11-15-36-16-14-34-28(36)17-23)5-8-27(24)40(38,39)20-22-9-12-30(32,33)13-10-22/h2-3,5-8,11,14-18,22H,9-10,12-13,19-20H2,(H,35,37). The van der Waals surface area contributed by atoms with Crippen LogP contribution < -0.4 is 5.32 Å². The van der Waals surface area contributed by atoms with Crippen LogP contribution in [0.3, 0.4) is 0 Å². The quantitative estimate of drug-likeness (QED) is 0.318. The zero-order chi connectivity index (χ0) is 28.3. The number of imidazole rings is 1. The van der Waals surface area contributed by atoms with Crippen molar-refractivity contribution in [2.45, 2.75) is 43.0 Å². The van der Waals surface area contributed by atoms with Gasteiger partial charge in [-0.2, -0.15) is 0 Å². The van der Waals surface area contributed by atoms with Crippen LogP contribution >= 0.6 is 0 Å². The summed E-state index contributed by atoms with van der Waals surface area (Å²) < 4.78 is 69.2. The number of carbonyl (C=O) groups is 1. The summed E-state index contributed by atoms with van der Waals surface area (Å²) in [5, 5.41) is 2.82. The van der Waals surface area contributed by atoms with E-state index in [0.717, 1.165) is 11.2 Å². The molecule has 1 fully saturated rings. The fraction of sp³-hybridized carbons (Fsp3) is 0.267. The largest absolute Gasteiger partial charge is 0.348 e. The molecule has 0 saturated heterocycles. The Bertz CT molecular complexity index is 1710. The molecule has 1 N–H and O–H groups in total. The Morgan fingerprint density at radius 1 is 1.02 bits per heavy atom. The second-order valence-corrected chi connectivity index (χ2v) is 12.0. The minimum Gasteiger partial charge on any atom is -0.348 e. The van der Waals surface area contributed by atoms with Crippen molar-refractivity contribution in [2.75, 3.05) is 5.75 Å². The molecule has 0 radical (unpaired) electrons. The number of hydrogen-bond acceptors (Lipinski definition) is 4. The van der Waals surface area contributed by atoms with Crippen molar-refractivity contribution < 1.29 is 26.4 Å². The van der Waals surface area contributed by atoms with Crippen molar-refractivity contribution in [2.24, 2.45) is 5.92 Å². The molecule has 0 atom stereocenters. The molecule has 4 aromatic rings. The molecule has 2 heterocycles. The number of nitrogens with zero attached hydrogens (tertiary/aromatic N) is 2. The summed E-state index contributed by atoms with van der Waals surface area (Å²) >= 11 is 0. The second-order valence-electron chi connectivity index (χ2n) is 9.96. The zero-order valence-corrected chi connectivity index (χ0v) is 22.2. The first-order valence-corrected chi connectivity index (χ1v) is 14.5. The number of hydrogen-bond donors (Lipinski definition) is 1. The molecule has 0 aliphatic heterocycles. The summed E-state index contributed by atoms with van der Waals surface area (Å²) in [6.45, 7) is 0.227. The minimum atomic E-state index is -3.90. The predicted octanol–water partition coefficient (Wildman–Crippen LogP) is 5.40. The summed E-state index contributed by atoms with van der Waals surface area (Å²) in [5.74, 6) is 1.37. The maximum Gasteiger partial charge on any atom is 0.251 e. The normalized spacial score (nSPS) is 15.4. The number of amides is 1. The van der Waals surface area contributed by atoms with E-state index in [9.17, 15) is 26.4 Å². The lowest BCUT2D eigenvalue weighted by molar-refractivity contribution is -0.0435. The fourth-order valence-electron chi connectivity index (χ4n) is 4.73. The second kappa shape index (κ2) is 11.2. The van der Waals surface area contributed by atoms with Gasteiger partial charge in [-0.3, -0.25) is 4.79 Å². The van der Waals surface area contributed by atoms with Gasteiger partial charge in [0.25, 0.3) is 5.91 Å². The highest BCUT2D eigenvalue weighted by atomic mass is 32.2. The van der Waals surface area contributed by atoms with E-state index < -0.39 is 33.4 Å². The van der Waals surface area contributed by atoms with Gasteiger partial charge >= 0.3 is 0 Å². The highest BCUT2D eigenvalue weighted by Crippen LogP contribution is 2.37. The van der Waals surface area contributed by atoms with E-state index >= 15 is 0 Å². The minimum absolute atomic E-state index is 0.0687. The van der Waals surface area contributed by atoms with Crippen molar-refractivity contribution in [3.8, 4) is 11.8 Å². The van der Waals surface area contributed by atoms with E-state index in [4.69, 9.17) is 0 Å². The smallest absolute Gasteiger partial charge is 0.251 e. The monoisotopic (exact) mass is 565 g/mol. The van der Waals surface area contributed by atoms with Gasteiger partial charge in [0.2, 0.25) is 5.92 Å². The Labute approximate surface area is 230 Å². The molecule has 0 unspecified atom stereocenters. The van der Waals surface area contributed by atoms with Crippen molar-refractivity contribution in [3.63, 3.8) is 0 Å². The molecule has 0 bridgehead atoms. The molecule has 1 aliphatic rings. The van der Waals surface area contributed by atoms with E-state index in [1.165, 1.54) is 42.5 Å². The first-order valence-electron chi connectivity index (χ1n) is 12.8. The number of nitrogens with one attached hydrogen (secondary N) is 1. The van der Waals surface area contributed by atoms with Gasteiger partial charge in [-0.1, -0.05) is 11.8 Å². The lowest BCUT2D eigenvalue weighted by Crippen LogP contribution is -2.28. The summed E-state index contributed by atoms with van der Waals surface area (Å²) in [5.41, 5.74) is 2.35. The Morgan fingerprint density at radius 3 is 2.52 bits per heavy atom. The van der Waals surface area contributed by atoms with Crippen molar-refractivity contribution >= 4 is 21.4 Å². The molecule has 10 heteroatoms. The van der Waals surface area contributed by atoms with Crippen LogP contribution in [-0.4, -0.2) is 35.4 Å². The van der Waals surface area contributed by atoms with Gasteiger partial charge in [0.15, 0.2) is 9.84 Å². The number of pyridine rings is 1. The number of aromatic nitrogens is 2. The number of halogens is 3. The van der Waals surface area contributed by atoms with Gasteiger partial charge in [0, 0.05) is 54.7 Å².